The molecular formula is C12H15BrN2O3. The standard InChI is InChI=1S/C12H15BrN2O3/c1-14(8-11(16)15-6-2-3-7-15)12(17)9-4-5-10(13)18-9/h4-5H,2-3,6-8H2,1H3. The Bertz CT molecular complexity index is 452. The van der Waals surface area contributed by atoms with E-state index in [4.69, 9.17) is 4.42 Å². The second-order valence-electron chi connectivity index (χ2n) is 4.35. The van der Waals surface area contributed by atoms with Gasteiger partial charge in [-0.25, -0.2) is 0 Å². The minimum absolute atomic E-state index is 0.00558. The smallest absolute Gasteiger partial charge is 0.289 e. The van der Waals surface area contributed by atoms with E-state index in [2.05, 4.69) is 15.9 Å². The average molecular weight is 315 g/mol. The molecule has 0 aromatic carbocycles. The molecule has 0 unspecified atom stereocenters. The predicted molar refractivity (Wildman–Crippen MR) is 69.2 cm³/mol. The summed E-state index contributed by atoms with van der Waals surface area (Å²) in [7, 11) is 1.60. The molecule has 0 atom stereocenters. The van der Waals surface area contributed by atoms with E-state index in [1.54, 1.807) is 24.1 Å². The first-order valence-electron chi connectivity index (χ1n) is 5.86. The molecule has 1 aromatic heterocycles. The lowest BCUT2D eigenvalue weighted by atomic mass is 10.3. The fourth-order valence-electron chi connectivity index (χ4n) is 1.96. The first-order chi connectivity index (χ1) is 8.58. The highest BCUT2D eigenvalue weighted by atomic mass is 79.9. The first kappa shape index (κ1) is 13.1. The van der Waals surface area contributed by atoms with Crippen molar-refractivity contribution in [2.75, 3.05) is 26.7 Å². The van der Waals surface area contributed by atoms with Gasteiger partial charge in [-0.15, -0.1) is 0 Å². The van der Waals surface area contributed by atoms with Crippen LogP contribution in [-0.2, 0) is 4.79 Å². The molecule has 5 nitrogen and oxygen atoms in total. The SMILES string of the molecule is CN(CC(=O)N1CCCC1)C(=O)c1ccc(Br)o1. The van der Waals surface area contributed by atoms with Crippen molar-refractivity contribution < 1.29 is 14.0 Å². The Balaban J connectivity index is 1.92. The highest BCUT2D eigenvalue weighted by molar-refractivity contribution is 9.10. The summed E-state index contributed by atoms with van der Waals surface area (Å²) in [6.07, 6.45) is 2.10. The van der Waals surface area contributed by atoms with Gasteiger partial charge in [0.2, 0.25) is 5.91 Å². The Labute approximate surface area is 114 Å². The van der Waals surface area contributed by atoms with Gasteiger partial charge in [-0.3, -0.25) is 9.59 Å². The number of hydrogen-bond acceptors (Lipinski definition) is 3. The van der Waals surface area contributed by atoms with Crippen molar-refractivity contribution in [1.29, 1.82) is 0 Å². The summed E-state index contributed by atoms with van der Waals surface area (Å²) in [5.74, 6) is -0.0548. The average Bonchev–Trinajstić information content (AvgIpc) is 2.98. The van der Waals surface area contributed by atoms with Crippen LogP contribution in [0.4, 0.5) is 0 Å². The second kappa shape index (κ2) is 5.56. The van der Waals surface area contributed by atoms with E-state index in [9.17, 15) is 9.59 Å². The monoisotopic (exact) mass is 314 g/mol. The maximum absolute atomic E-state index is 11.9. The first-order valence-corrected chi connectivity index (χ1v) is 6.66. The molecule has 1 saturated heterocycles. The van der Waals surface area contributed by atoms with Gasteiger partial charge < -0.3 is 14.2 Å². The third-order valence-corrected chi connectivity index (χ3v) is 3.39. The van der Waals surface area contributed by atoms with Gasteiger partial charge in [-0.2, -0.15) is 0 Å². The number of likely N-dealkylation sites (N-methyl/N-ethyl adjacent to an activating group) is 1. The molecule has 0 spiro atoms. The maximum Gasteiger partial charge on any atom is 0.289 e. The van der Waals surface area contributed by atoms with E-state index in [1.807, 2.05) is 0 Å². The molecule has 0 radical (unpaired) electrons. The molecular weight excluding hydrogens is 300 g/mol. The summed E-state index contributed by atoms with van der Waals surface area (Å²) in [5, 5.41) is 0. The predicted octanol–water partition coefficient (Wildman–Crippen LogP) is 1.74. The van der Waals surface area contributed by atoms with Gasteiger partial charge >= 0.3 is 0 Å². The molecule has 18 heavy (non-hydrogen) atoms. The molecule has 1 fully saturated rings. The van der Waals surface area contributed by atoms with Crippen molar-refractivity contribution in [3.05, 3.63) is 22.6 Å². The fraction of sp³-hybridized carbons (Fsp3) is 0.500. The van der Waals surface area contributed by atoms with E-state index in [1.165, 1.54) is 4.90 Å². The van der Waals surface area contributed by atoms with E-state index in [0.29, 0.717) is 4.67 Å². The lowest BCUT2D eigenvalue weighted by molar-refractivity contribution is -0.130. The Morgan fingerprint density at radius 1 is 1.39 bits per heavy atom. The molecule has 0 aliphatic carbocycles. The van der Waals surface area contributed by atoms with Crippen LogP contribution in [0.1, 0.15) is 23.4 Å². The zero-order chi connectivity index (χ0) is 13.1. The fourth-order valence-corrected chi connectivity index (χ4v) is 2.27. The lowest BCUT2D eigenvalue weighted by Crippen LogP contribution is -2.39. The Morgan fingerprint density at radius 3 is 2.61 bits per heavy atom. The number of rotatable bonds is 3. The molecule has 0 saturated carbocycles. The Kier molecular flexibility index (Phi) is 4.06. The Morgan fingerprint density at radius 2 is 2.06 bits per heavy atom. The van der Waals surface area contributed by atoms with Crippen LogP contribution in [0.25, 0.3) is 0 Å². The summed E-state index contributed by atoms with van der Waals surface area (Å²) >= 11 is 3.14. The third-order valence-electron chi connectivity index (χ3n) is 2.96. The van der Waals surface area contributed by atoms with Crippen LogP contribution in [-0.4, -0.2) is 48.3 Å². The van der Waals surface area contributed by atoms with E-state index >= 15 is 0 Å². The minimum Gasteiger partial charge on any atom is -0.444 e. The molecule has 1 aromatic rings. The molecule has 2 rings (SSSR count). The molecule has 98 valence electrons. The van der Waals surface area contributed by atoms with E-state index in [0.717, 1.165) is 25.9 Å². The van der Waals surface area contributed by atoms with Crippen molar-refractivity contribution in [2.45, 2.75) is 12.8 Å². The summed E-state index contributed by atoms with van der Waals surface area (Å²) in [6.45, 7) is 1.69. The number of hydrogen-bond donors (Lipinski definition) is 0. The maximum atomic E-state index is 11.9. The quantitative estimate of drug-likeness (QED) is 0.854. The molecule has 0 N–H and O–H groups in total. The van der Waals surface area contributed by atoms with E-state index < -0.39 is 0 Å². The summed E-state index contributed by atoms with van der Waals surface area (Å²) in [4.78, 5) is 27.0. The molecule has 2 amide bonds. The van der Waals surface area contributed by atoms with Crippen molar-refractivity contribution in [3.63, 3.8) is 0 Å². The van der Waals surface area contributed by atoms with Crippen molar-refractivity contribution >= 4 is 27.7 Å². The van der Waals surface area contributed by atoms with Crippen LogP contribution >= 0.6 is 15.9 Å². The molecule has 6 heteroatoms. The number of carbonyl (C=O) groups is 2. The van der Waals surface area contributed by atoms with E-state index in [-0.39, 0.29) is 24.1 Å². The Hall–Kier alpha value is -1.30. The van der Waals surface area contributed by atoms with Crippen LogP contribution in [0.3, 0.4) is 0 Å². The summed E-state index contributed by atoms with van der Waals surface area (Å²) in [6, 6.07) is 3.24. The van der Waals surface area contributed by atoms with Gasteiger partial charge in [0, 0.05) is 20.1 Å². The molecule has 1 aliphatic rings. The highest BCUT2D eigenvalue weighted by Gasteiger charge is 2.22. The van der Waals surface area contributed by atoms with Gasteiger partial charge in [0.05, 0.1) is 6.54 Å². The van der Waals surface area contributed by atoms with Crippen LogP contribution in [0.15, 0.2) is 21.2 Å². The van der Waals surface area contributed by atoms with Gasteiger partial charge in [0.1, 0.15) is 0 Å². The van der Waals surface area contributed by atoms with Crippen LogP contribution in [0, 0.1) is 0 Å². The molecule has 1 aliphatic heterocycles. The highest BCUT2D eigenvalue weighted by Crippen LogP contribution is 2.15. The van der Waals surface area contributed by atoms with Crippen LogP contribution in [0.2, 0.25) is 0 Å². The number of furan rings is 1. The topological polar surface area (TPSA) is 53.8 Å². The normalized spacial score (nSPS) is 14.9. The number of carbonyl (C=O) groups excluding carboxylic acids is 2. The van der Waals surface area contributed by atoms with Crippen molar-refractivity contribution in [2.24, 2.45) is 0 Å². The van der Waals surface area contributed by atoms with Gasteiger partial charge in [0.15, 0.2) is 10.4 Å². The number of halogens is 1. The van der Waals surface area contributed by atoms with Gasteiger partial charge in [-0.05, 0) is 40.9 Å². The van der Waals surface area contributed by atoms with Crippen LogP contribution in [0.5, 0.6) is 0 Å². The molecule has 0 bridgehead atoms. The molecule has 2 heterocycles. The third kappa shape index (κ3) is 2.93. The number of nitrogens with zero attached hydrogens (tertiary/aromatic N) is 2. The number of amides is 2. The minimum atomic E-state index is -0.284. The number of likely N-dealkylation sites (tertiary alicyclic amines) is 1. The largest absolute Gasteiger partial charge is 0.444 e. The summed E-state index contributed by atoms with van der Waals surface area (Å²) in [5.41, 5.74) is 0. The summed E-state index contributed by atoms with van der Waals surface area (Å²) < 4.78 is 5.68. The van der Waals surface area contributed by atoms with Crippen molar-refractivity contribution in [1.82, 2.24) is 9.80 Å². The zero-order valence-corrected chi connectivity index (χ0v) is 11.8. The second-order valence-corrected chi connectivity index (χ2v) is 5.13. The zero-order valence-electron chi connectivity index (χ0n) is 10.2. The van der Waals surface area contributed by atoms with Crippen LogP contribution < -0.4 is 0 Å². The van der Waals surface area contributed by atoms with Gasteiger partial charge in [-0.1, -0.05) is 0 Å². The van der Waals surface area contributed by atoms with Crippen molar-refractivity contribution in [3.8, 4) is 0 Å². The lowest BCUT2D eigenvalue weighted by Gasteiger charge is -2.20. The van der Waals surface area contributed by atoms with Gasteiger partial charge in [0.25, 0.3) is 5.91 Å².